The number of amides is 1. The molecule has 9 heteroatoms. The first-order valence-electron chi connectivity index (χ1n) is 11.6. The molecule has 192 valence electrons. The standard InChI is InChI=1S/C28H29N3O6/c1-18(2)13-21(30-20-9-11-24(28(29)33)26(15-20)36-3)14-25(32)23-12-10-22(31(34)35)16-27(23)37-17-19-7-5-4-6-8-19/h4-12,14-16,18,30H,13,17H2,1-3H3,(H2,29,33)/b21-14-. The molecule has 0 heterocycles. The minimum atomic E-state index is -0.613. The number of benzene rings is 3. The van der Waals surface area contributed by atoms with Gasteiger partial charge in [0.15, 0.2) is 5.78 Å². The number of methoxy groups -OCH3 is 1. The van der Waals surface area contributed by atoms with Gasteiger partial charge in [-0.1, -0.05) is 44.2 Å². The van der Waals surface area contributed by atoms with Crippen molar-refractivity contribution in [3.8, 4) is 11.5 Å². The van der Waals surface area contributed by atoms with Crippen LogP contribution in [0, 0.1) is 16.0 Å². The van der Waals surface area contributed by atoms with Crippen LogP contribution in [0.2, 0.25) is 0 Å². The first-order chi connectivity index (χ1) is 17.7. The van der Waals surface area contributed by atoms with Gasteiger partial charge in [0.1, 0.15) is 18.1 Å². The Balaban J connectivity index is 1.93. The second-order valence-electron chi connectivity index (χ2n) is 8.75. The third-order valence-electron chi connectivity index (χ3n) is 5.38. The molecule has 0 aliphatic rings. The molecule has 0 aliphatic heterocycles. The fourth-order valence-electron chi connectivity index (χ4n) is 3.66. The fourth-order valence-corrected chi connectivity index (χ4v) is 3.66. The van der Waals surface area contributed by atoms with Crippen molar-refractivity contribution in [2.24, 2.45) is 11.7 Å². The number of primary amides is 1. The van der Waals surface area contributed by atoms with Gasteiger partial charge >= 0.3 is 0 Å². The van der Waals surface area contributed by atoms with E-state index in [0.29, 0.717) is 23.6 Å². The first kappa shape index (κ1) is 26.9. The Hall–Kier alpha value is -4.66. The predicted octanol–water partition coefficient (Wildman–Crippen LogP) is 5.51. The van der Waals surface area contributed by atoms with Crippen LogP contribution >= 0.6 is 0 Å². The highest BCUT2D eigenvalue weighted by molar-refractivity contribution is 6.07. The topological polar surface area (TPSA) is 134 Å². The number of rotatable bonds is 12. The number of anilines is 1. The number of non-ortho nitro benzene ring substituents is 1. The van der Waals surface area contributed by atoms with E-state index < -0.39 is 10.8 Å². The monoisotopic (exact) mass is 503 g/mol. The Kier molecular flexibility index (Phi) is 8.99. The van der Waals surface area contributed by atoms with Crippen LogP contribution in [0.1, 0.15) is 46.5 Å². The van der Waals surface area contributed by atoms with Crippen LogP contribution < -0.4 is 20.5 Å². The smallest absolute Gasteiger partial charge is 0.273 e. The molecule has 37 heavy (non-hydrogen) atoms. The van der Waals surface area contributed by atoms with E-state index in [0.717, 1.165) is 5.56 Å². The molecule has 1 amide bonds. The van der Waals surface area contributed by atoms with Crippen molar-refractivity contribution in [1.29, 1.82) is 0 Å². The number of hydrogen-bond acceptors (Lipinski definition) is 7. The number of hydrogen-bond donors (Lipinski definition) is 2. The zero-order valence-corrected chi connectivity index (χ0v) is 20.9. The SMILES string of the molecule is COc1cc(N/C(=C\C(=O)c2ccc([N+](=O)[O-])cc2OCc2ccccc2)CC(C)C)ccc1C(N)=O. The van der Waals surface area contributed by atoms with Gasteiger partial charge in [0.05, 0.1) is 29.2 Å². The minimum absolute atomic E-state index is 0.121. The number of ether oxygens (including phenoxy) is 2. The molecule has 0 unspecified atom stereocenters. The number of nitrogens with one attached hydrogen (secondary N) is 1. The first-order valence-corrected chi connectivity index (χ1v) is 11.6. The molecule has 0 spiro atoms. The zero-order valence-electron chi connectivity index (χ0n) is 20.9. The highest BCUT2D eigenvalue weighted by atomic mass is 16.6. The number of allylic oxidation sites excluding steroid dienone is 2. The van der Waals surface area contributed by atoms with Gasteiger partial charge < -0.3 is 20.5 Å². The van der Waals surface area contributed by atoms with Crippen molar-refractivity contribution in [1.82, 2.24) is 0 Å². The molecule has 0 aromatic heterocycles. The predicted molar refractivity (Wildman–Crippen MR) is 141 cm³/mol. The summed E-state index contributed by atoms with van der Waals surface area (Å²) in [4.78, 5) is 35.8. The van der Waals surface area contributed by atoms with Gasteiger partial charge in [-0.15, -0.1) is 0 Å². The lowest BCUT2D eigenvalue weighted by Gasteiger charge is -2.16. The molecule has 0 aliphatic carbocycles. The Morgan fingerprint density at radius 2 is 1.73 bits per heavy atom. The second-order valence-corrected chi connectivity index (χ2v) is 8.75. The van der Waals surface area contributed by atoms with E-state index in [9.17, 15) is 19.7 Å². The van der Waals surface area contributed by atoms with E-state index >= 15 is 0 Å². The molecule has 0 bridgehead atoms. The number of nitrogens with two attached hydrogens (primary N) is 1. The molecule has 0 radical (unpaired) electrons. The number of carbonyl (C=O) groups is 2. The van der Waals surface area contributed by atoms with Crippen molar-refractivity contribution in [3.63, 3.8) is 0 Å². The van der Waals surface area contributed by atoms with Crippen LogP contribution in [0.5, 0.6) is 11.5 Å². The number of ketones is 1. The second kappa shape index (κ2) is 12.3. The molecule has 0 saturated carbocycles. The van der Waals surface area contributed by atoms with E-state index in [1.54, 1.807) is 18.2 Å². The lowest BCUT2D eigenvalue weighted by atomic mass is 10.0. The summed E-state index contributed by atoms with van der Waals surface area (Å²) in [7, 11) is 1.44. The minimum Gasteiger partial charge on any atom is -0.496 e. The van der Waals surface area contributed by atoms with Crippen molar-refractivity contribution in [3.05, 3.63) is 105 Å². The highest BCUT2D eigenvalue weighted by Crippen LogP contribution is 2.29. The van der Waals surface area contributed by atoms with E-state index in [-0.39, 0.29) is 40.9 Å². The number of nitro benzene ring substituents is 1. The van der Waals surface area contributed by atoms with Gasteiger partial charge in [0, 0.05) is 29.6 Å². The Morgan fingerprint density at radius 1 is 1.03 bits per heavy atom. The largest absolute Gasteiger partial charge is 0.496 e. The summed E-state index contributed by atoms with van der Waals surface area (Å²) in [5.74, 6) is -0.348. The number of nitro groups is 1. The molecule has 3 rings (SSSR count). The molecule has 0 saturated heterocycles. The summed E-state index contributed by atoms with van der Waals surface area (Å²) in [5, 5.41) is 14.6. The quantitative estimate of drug-likeness (QED) is 0.144. The van der Waals surface area contributed by atoms with Crippen LogP contribution in [-0.2, 0) is 6.61 Å². The molecular formula is C28H29N3O6. The maximum absolute atomic E-state index is 13.4. The summed E-state index contributed by atoms with van der Waals surface area (Å²) >= 11 is 0. The lowest BCUT2D eigenvalue weighted by Crippen LogP contribution is -2.13. The van der Waals surface area contributed by atoms with Crippen LogP contribution in [0.3, 0.4) is 0 Å². The lowest BCUT2D eigenvalue weighted by molar-refractivity contribution is -0.384. The Bertz CT molecular complexity index is 1320. The molecular weight excluding hydrogens is 474 g/mol. The van der Waals surface area contributed by atoms with E-state index in [1.807, 2.05) is 44.2 Å². The summed E-state index contributed by atoms with van der Waals surface area (Å²) < 4.78 is 11.1. The summed E-state index contributed by atoms with van der Waals surface area (Å²) in [6, 6.07) is 18.1. The van der Waals surface area contributed by atoms with Crippen LogP contribution in [0.25, 0.3) is 0 Å². The third kappa shape index (κ3) is 7.41. The Labute approximate surface area is 215 Å². The highest BCUT2D eigenvalue weighted by Gasteiger charge is 2.18. The maximum Gasteiger partial charge on any atom is 0.273 e. The number of nitrogens with zero attached hydrogens (tertiary/aromatic N) is 1. The molecule has 3 N–H and O–H groups in total. The van der Waals surface area contributed by atoms with Gasteiger partial charge in [-0.2, -0.15) is 0 Å². The molecule has 3 aromatic rings. The van der Waals surface area contributed by atoms with E-state index in [2.05, 4.69) is 5.32 Å². The van der Waals surface area contributed by atoms with Crippen molar-refractivity contribution in [2.45, 2.75) is 26.9 Å². The van der Waals surface area contributed by atoms with Gasteiger partial charge in [-0.3, -0.25) is 19.7 Å². The maximum atomic E-state index is 13.4. The normalized spacial score (nSPS) is 11.2. The molecule has 0 atom stereocenters. The Morgan fingerprint density at radius 3 is 2.35 bits per heavy atom. The molecule has 0 fully saturated rings. The number of carbonyl (C=O) groups excluding carboxylic acids is 2. The van der Waals surface area contributed by atoms with Gasteiger partial charge in [0.25, 0.3) is 11.6 Å². The van der Waals surface area contributed by atoms with Crippen molar-refractivity contribution in [2.75, 3.05) is 12.4 Å². The fraction of sp³-hybridized carbons (Fsp3) is 0.214. The van der Waals surface area contributed by atoms with Crippen LogP contribution in [0.4, 0.5) is 11.4 Å². The average Bonchev–Trinajstić information content (AvgIpc) is 2.87. The average molecular weight is 504 g/mol. The molecule has 3 aromatic carbocycles. The van der Waals surface area contributed by atoms with Crippen molar-refractivity contribution < 1.29 is 24.0 Å². The van der Waals surface area contributed by atoms with E-state index in [4.69, 9.17) is 15.2 Å². The van der Waals surface area contributed by atoms with Gasteiger partial charge in [-0.05, 0) is 36.1 Å². The zero-order chi connectivity index (χ0) is 26.9. The van der Waals surface area contributed by atoms with Gasteiger partial charge in [0.2, 0.25) is 0 Å². The summed E-state index contributed by atoms with van der Waals surface area (Å²) in [5.41, 5.74) is 7.73. The van der Waals surface area contributed by atoms with Crippen LogP contribution in [-0.4, -0.2) is 23.7 Å². The van der Waals surface area contributed by atoms with Crippen molar-refractivity contribution >= 4 is 23.1 Å². The van der Waals surface area contributed by atoms with Gasteiger partial charge in [-0.25, -0.2) is 0 Å². The third-order valence-corrected chi connectivity index (χ3v) is 5.38. The van der Waals surface area contributed by atoms with E-state index in [1.165, 1.54) is 31.4 Å². The molecule has 9 nitrogen and oxygen atoms in total. The summed E-state index contributed by atoms with van der Waals surface area (Å²) in [6.45, 7) is 4.17. The van der Waals surface area contributed by atoms with Crippen LogP contribution in [0.15, 0.2) is 78.5 Å². The summed E-state index contributed by atoms with van der Waals surface area (Å²) in [6.07, 6.45) is 1.99.